The van der Waals surface area contributed by atoms with Crippen LogP contribution in [0.3, 0.4) is 0 Å². The van der Waals surface area contributed by atoms with E-state index in [2.05, 4.69) is 30.8 Å². The second-order valence-electron chi connectivity index (χ2n) is 9.07. The van der Waals surface area contributed by atoms with Gasteiger partial charge >= 0.3 is 0 Å². The summed E-state index contributed by atoms with van der Waals surface area (Å²) < 4.78 is 15.0. The van der Waals surface area contributed by atoms with Gasteiger partial charge in [0.1, 0.15) is 23.8 Å². The van der Waals surface area contributed by atoms with Gasteiger partial charge in [0.05, 0.1) is 23.6 Å². The number of benzene rings is 2. The minimum Gasteiger partial charge on any atom is -0.398 e. The van der Waals surface area contributed by atoms with E-state index in [-0.39, 0.29) is 17.4 Å². The zero-order valence-electron chi connectivity index (χ0n) is 21.3. The van der Waals surface area contributed by atoms with Gasteiger partial charge in [-0.05, 0) is 72.7 Å². The summed E-state index contributed by atoms with van der Waals surface area (Å²) in [5, 5.41) is 14.7. The van der Waals surface area contributed by atoms with Crippen molar-refractivity contribution in [2.45, 2.75) is 45.1 Å². The third-order valence-corrected chi connectivity index (χ3v) is 6.30. The minimum absolute atomic E-state index is 0.152. The lowest BCUT2D eigenvalue weighted by Gasteiger charge is -2.16. The van der Waals surface area contributed by atoms with Crippen LogP contribution >= 0.6 is 11.6 Å². The molecule has 0 saturated heterocycles. The van der Waals surface area contributed by atoms with Crippen molar-refractivity contribution in [3.05, 3.63) is 77.2 Å². The fourth-order valence-electron chi connectivity index (χ4n) is 4.13. The van der Waals surface area contributed by atoms with E-state index in [0.717, 1.165) is 19.3 Å². The molecule has 2 aromatic carbocycles. The molecule has 0 fully saturated rings. The number of ketones is 1. The van der Waals surface area contributed by atoms with E-state index in [4.69, 9.17) is 17.3 Å². The second kappa shape index (κ2) is 12.9. The number of H-pyrrole nitrogens is 1. The van der Waals surface area contributed by atoms with Crippen molar-refractivity contribution in [2.75, 3.05) is 5.73 Å². The molecule has 0 aliphatic rings. The molecule has 0 saturated carbocycles. The number of halogens is 2. The van der Waals surface area contributed by atoms with Gasteiger partial charge < -0.3 is 20.8 Å². The zero-order chi connectivity index (χ0) is 27.8. The SMILES string of the molecule is CC(=O)CCCCC[C@H](NC(=O)/C=C/c1cc(Cl)ccc1-n1cnnn1)c1ncc(-c2ccc(F)cc2N)[nH]1. The molecule has 2 heterocycles. The summed E-state index contributed by atoms with van der Waals surface area (Å²) in [6.45, 7) is 1.58. The first kappa shape index (κ1) is 27.6. The Morgan fingerprint density at radius 1 is 1.21 bits per heavy atom. The standard InChI is InChI=1S/C27H28ClFN8O2/c1-17(38)5-3-2-4-6-23(27-31-15-24(34-27)21-10-9-20(29)14-22(21)30)33-26(39)12-7-18-13-19(28)8-11-25(18)37-16-32-35-36-37/h7-16,23H,2-6,30H2,1H3,(H,31,34)(H,33,39)/b12-7+/t23-/m0/s1. The summed E-state index contributed by atoms with van der Waals surface area (Å²) in [6.07, 6.45) is 9.60. The Morgan fingerprint density at radius 2 is 2.05 bits per heavy atom. The topological polar surface area (TPSA) is 144 Å². The van der Waals surface area contributed by atoms with E-state index in [9.17, 15) is 14.0 Å². The lowest BCUT2D eigenvalue weighted by molar-refractivity contribution is -0.117. The fraction of sp³-hybridized carbons (Fsp3) is 0.259. The van der Waals surface area contributed by atoms with Gasteiger partial charge in [-0.1, -0.05) is 24.4 Å². The molecule has 4 rings (SSSR count). The van der Waals surface area contributed by atoms with Crippen LogP contribution in [0.1, 0.15) is 56.5 Å². The van der Waals surface area contributed by atoms with Crippen molar-refractivity contribution >= 4 is 35.1 Å². The Bertz CT molecular complexity index is 1470. The maximum absolute atomic E-state index is 13.5. The van der Waals surface area contributed by atoms with Crippen molar-refractivity contribution in [2.24, 2.45) is 0 Å². The van der Waals surface area contributed by atoms with Crippen LogP contribution in [0.2, 0.25) is 5.02 Å². The van der Waals surface area contributed by atoms with Gasteiger partial charge in [0.2, 0.25) is 5.91 Å². The number of nitrogens with one attached hydrogen (secondary N) is 2. The number of nitrogens with two attached hydrogens (primary N) is 1. The normalized spacial score (nSPS) is 12.1. The number of carbonyl (C=O) groups excluding carboxylic acids is 2. The van der Waals surface area contributed by atoms with Crippen LogP contribution in [0.4, 0.5) is 10.1 Å². The highest BCUT2D eigenvalue weighted by atomic mass is 35.5. The van der Waals surface area contributed by atoms with Crippen LogP contribution in [-0.4, -0.2) is 41.9 Å². The number of aromatic nitrogens is 6. The monoisotopic (exact) mass is 550 g/mol. The van der Waals surface area contributed by atoms with E-state index in [1.54, 1.807) is 43.5 Å². The van der Waals surface area contributed by atoms with E-state index in [1.807, 2.05) is 0 Å². The Labute approximate surface area is 229 Å². The molecule has 0 bridgehead atoms. The summed E-state index contributed by atoms with van der Waals surface area (Å²) in [4.78, 5) is 32.0. The van der Waals surface area contributed by atoms with Crippen LogP contribution in [0.25, 0.3) is 23.0 Å². The Balaban J connectivity index is 1.52. The number of anilines is 1. The van der Waals surface area contributed by atoms with E-state index in [0.29, 0.717) is 46.2 Å². The van der Waals surface area contributed by atoms with E-state index >= 15 is 0 Å². The highest BCUT2D eigenvalue weighted by molar-refractivity contribution is 6.30. The first-order chi connectivity index (χ1) is 18.8. The molecule has 0 aliphatic heterocycles. The lowest BCUT2D eigenvalue weighted by atomic mass is 10.1. The third kappa shape index (κ3) is 7.57. The molecule has 12 heteroatoms. The number of tetrazole rings is 1. The van der Waals surface area contributed by atoms with Gasteiger partial charge in [0.15, 0.2) is 0 Å². The largest absolute Gasteiger partial charge is 0.398 e. The first-order valence-corrected chi connectivity index (χ1v) is 12.8. The van der Waals surface area contributed by atoms with Crippen molar-refractivity contribution in [3.8, 4) is 16.9 Å². The molecule has 0 spiro atoms. The summed E-state index contributed by atoms with van der Waals surface area (Å²) in [7, 11) is 0. The minimum atomic E-state index is -0.437. The van der Waals surface area contributed by atoms with Gasteiger partial charge in [0, 0.05) is 34.3 Å². The van der Waals surface area contributed by atoms with Crippen molar-refractivity contribution in [3.63, 3.8) is 0 Å². The molecule has 0 radical (unpaired) electrons. The van der Waals surface area contributed by atoms with Gasteiger partial charge in [0.25, 0.3) is 0 Å². The fourth-order valence-corrected chi connectivity index (χ4v) is 4.31. The number of hydrogen-bond acceptors (Lipinski definition) is 7. The van der Waals surface area contributed by atoms with Crippen LogP contribution in [0, 0.1) is 5.82 Å². The van der Waals surface area contributed by atoms with Gasteiger partial charge in [-0.15, -0.1) is 5.10 Å². The van der Waals surface area contributed by atoms with Crippen molar-refractivity contribution in [1.82, 2.24) is 35.5 Å². The molecule has 2 aromatic heterocycles. The summed E-state index contributed by atoms with van der Waals surface area (Å²) in [5.41, 5.74) is 8.79. The number of rotatable bonds is 12. The number of carbonyl (C=O) groups is 2. The molecular weight excluding hydrogens is 523 g/mol. The zero-order valence-corrected chi connectivity index (χ0v) is 22.0. The quantitative estimate of drug-likeness (QED) is 0.130. The van der Waals surface area contributed by atoms with Crippen molar-refractivity contribution < 1.29 is 14.0 Å². The van der Waals surface area contributed by atoms with Crippen molar-refractivity contribution in [1.29, 1.82) is 0 Å². The highest BCUT2D eigenvalue weighted by Crippen LogP contribution is 2.27. The number of unbranched alkanes of at least 4 members (excludes halogenated alkanes) is 2. The summed E-state index contributed by atoms with van der Waals surface area (Å²) in [5.74, 6) is -0.0779. The molecule has 1 atom stereocenters. The molecule has 4 aromatic rings. The molecular formula is C27H28ClFN8O2. The average molecular weight is 551 g/mol. The molecule has 39 heavy (non-hydrogen) atoms. The maximum Gasteiger partial charge on any atom is 0.244 e. The number of nitrogen functional groups attached to an aromatic ring is 1. The van der Waals surface area contributed by atoms with Gasteiger partial charge in [-0.3, -0.25) is 4.79 Å². The van der Waals surface area contributed by atoms with E-state index < -0.39 is 11.9 Å². The predicted molar refractivity (Wildman–Crippen MR) is 146 cm³/mol. The first-order valence-electron chi connectivity index (χ1n) is 12.4. The van der Waals surface area contributed by atoms with Crippen LogP contribution in [0.15, 0.2) is 55.0 Å². The predicted octanol–water partition coefficient (Wildman–Crippen LogP) is 4.84. The maximum atomic E-state index is 13.5. The number of nitrogens with zero attached hydrogens (tertiary/aromatic N) is 5. The smallest absolute Gasteiger partial charge is 0.244 e. The molecule has 0 aliphatic carbocycles. The lowest BCUT2D eigenvalue weighted by Crippen LogP contribution is -2.27. The van der Waals surface area contributed by atoms with Crippen LogP contribution in [-0.2, 0) is 9.59 Å². The summed E-state index contributed by atoms with van der Waals surface area (Å²) in [6, 6.07) is 8.88. The van der Waals surface area contributed by atoms with Crippen LogP contribution in [0.5, 0.6) is 0 Å². The Morgan fingerprint density at radius 3 is 2.79 bits per heavy atom. The number of aromatic amines is 1. The second-order valence-corrected chi connectivity index (χ2v) is 9.50. The van der Waals surface area contributed by atoms with Gasteiger partial charge in [-0.25, -0.2) is 9.37 Å². The summed E-state index contributed by atoms with van der Waals surface area (Å²) >= 11 is 6.17. The molecule has 202 valence electrons. The number of imidazole rings is 1. The Hall–Kier alpha value is -4.38. The van der Waals surface area contributed by atoms with Crippen LogP contribution < -0.4 is 11.1 Å². The molecule has 1 amide bonds. The van der Waals surface area contributed by atoms with E-state index in [1.165, 1.54) is 29.2 Å². The third-order valence-electron chi connectivity index (χ3n) is 6.07. The highest BCUT2D eigenvalue weighted by Gasteiger charge is 2.18. The molecule has 10 nitrogen and oxygen atoms in total. The number of hydrogen-bond donors (Lipinski definition) is 3. The molecule has 4 N–H and O–H groups in total. The number of Topliss-reactive ketones (excluding diaryl/α,β-unsaturated/α-hetero) is 1. The average Bonchev–Trinajstić information content (AvgIpc) is 3.59. The Kier molecular flexibility index (Phi) is 9.16. The van der Waals surface area contributed by atoms with Gasteiger partial charge in [-0.2, -0.15) is 4.68 Å². The molecule has 0 unspecified atom stereocenters. The number of amides is 1.